The second-order valence-corrected chi connectivity index (χ2v) is 6.31. The van der Waals surface area contributed by atoms with Crippen LogP contribution < -0.4 is 10.1 Å². The number of hydrogen-bond acceptors (Lipinski definition) is 3. The van der Waals surface area contributed by atoms with Gasteiger partial charge in [-0.1, -0.05) is 22.9 Å². The third kappa shape index (κ3) is 4.47. The number of halogens is 1. The van der Waals surface area contributed by atoms with E-state index in [0.29, 0.717) is 6.04 Å². The molecular weight excluding hydrogens is 316 g/mol. The number of ether oxygens (including phenoxy) is 1. The Kier molecular flexibility index (Phi) is 6.33. The maximum atomic E-state index is 5.29. The van der Waals surface area contributed by atoms with Gasteiger partial charge in [0, 0.05) is 17.1 Å². The van der Waals surface area contributed by atoms with Gasteiger partial charge in [0.25, 0.3) is 0 Å². The molecule has 0 unspecified atom stereocenters. The number of rotatable bonds is 6. The molecule has 0 aromatic heterocycles. The van der Waals surface area contributed by atoms with Crippen molar-refractivity contribution in [3.05, 3.63) is 28.2 Å². The van der Waals surface area contributed by atoms with Gasteiger partial charge in [0.05, 0.1) is 7.11 Å². The average Bonchev–Trinajstić information content (AvgIpc) is 2.48. The maximum absolute atomic E-state index is 5.29. The van der Waals surface area contributed by atoms with Crippen LogP contribution in [0.5, 0.6) is 5.75 Å². The van der Waals surface area contributed by atoms with Crippen molar-refractivity contribution in [2.24, 2.45) is 0 Å². The van der Waals surface area contributed by atoms with Gasteiger partial charge in [-0.05, 0) is 62.7 Å². The Morgan fingerprint density at radius 3 is 2.75 bits per heavy atom. The van der Waals surface area contributed by atoms with Crippen LogP contribution in [0.4, 0.5) is 0 Å². The van der Waals surface area contributed by atoms with Crippen LogP contribution >= 0.6 is 15.9 Å². The highest BCUT2D eigenvalue weighted by molar-refractivity contribution is 9.10. The molecule has 1 aromatic rings. The molecule has 1 fully saturated rings. The Balaban J connectivity index is 1.81. The lowest BCUT2D eigenvalue weighted by atomic mass is 10.0. The molecule has 0 spiro atoms. The lowest BCUT2D eigenvalue weighted by Gasteiger charge is -2.32. The summed E-state index contributed by atoms with van der Waals surface area (Å²) < 4.78 is 6.43. The topological polar surface area (TPSA) is 24.5 Å². The smallest absolute Gasteiger partial charge is 0.119 e. The van der Waals surface area contributed by atoms with Crippen LogP contribution in [0.15, 0.2) is 22.7 Å². The van der Waals surface area contributed by atoms with E-state index < -0.39 is 0 Å². The number of hydrogen-bond donors (Lipinski definition) is 1. The molecule has 0 bridgehead atoms. The number of nitrogens with one attached hydrogen (secondary N) is 1. The van der Waals surface area contributed by atoms with Crippen molar-refractivity contribution in [1.82, 2.24) is 10.2 Å². The van der Waals surface area contributed by atoms with Gasteiger partial charge in [-0.2, -0.15) is 0 Å². The summed E-state index contributed by atoms with van der Waals surface area (Å²) in [6.45, 7) is 6.85. The molecule has 1 aromatic carbocycles. The number of benzene rings is 1. The van der Waals surface area contributed by atoms with Crippen LogP contribution in [0.3, 0.4) is 0 Å². The average molecular weight is 341 g/mol. The second-order valence-electron chi connectivity index (χ2n) is 5.45. The largest absolute Gasteiger partial charge is 0.497 e. The molecule has 1 heterocycles. The molecule has 1 aliphatic rings. The van der Waals surface area contributed by atoms with Gasteiger partial charge in [-0.3, -0.25) is 0 Å². The molecule has 1 N–H and O–H groups in total. The molecule has 3 nitrogen and oxygen atoms in total. The van der Waals surface area contributed by atoms with Crippen LogP contribution in [-0.4, -0.2) is 37.7 Å². The highest BCUT2D eigenvalue weighted by atomic mass is 79.9. The first kappa shape index (κ1) is 15.8. The van der Waals surface area contributed by atoms with E-state index in [-0.39, 0.29) is 0 Å². The van der Waals surface area contributed by atoms with E-state index in [9.17, 15) is 0 Å². The summed E-state index contributed by atoms with van der Waals surface area (Å²) >= 11 is 3.61. The van der Waals surface area contributed by atoms with E-state index in [1.54, 1.807) is 7.11 Å². The number of piperidine rings is 1. The quantitative estimate of drug-likeness (QED) is 0.858. The zero-order valence-electron chi connectivity index (χ0n) is 12.5. The van der Waals surface area contributed by atoms with Gasteiger partial charge < -0.3 is 15.0 Å². The van der Waals surface area contributed by atoms with Gasteiger partial charge in [0.2, 0.25) is 0 Å². The van der Waals surface area contributed by atoms with Gasteiger partial charge in [0.15, 0.2) is 0 Å². The lowest BCUT2D eigenvalue weighted by molar-refractivity contribution is 0.197. The molecule has 0 saturated carbocycles. The van der Waals surface area contributed by atoms with Gasteiger partial charge in [0.1, 0.15) is 5.75 Å². The summed E-state index contributed by atoms with van der Waals surface area (Å²) in [5.41, 5.74) is 1.26. The van der Waals surface area contributed by atoms with Crippen LogP contribution in [0, 0.1) is 0 Å². The molecule has 1 aliphatic heterocycles. The van der Waals surface area contributed by atoms with Gasteiger partial charge >= 0.3 is 0 Å². The van der Waals surface area contributed by atoms with E-state index in [2.05, 4.69) is 45.2 Å². The molecular formula is C16H25BrN2O. The van der Waals surface area contributed by atoms with Crippen molar-refractivity contribution >= 4 is 15.9 Å². The molecule has 4 heteroatoms. The van der Waals surface area contributed by atoms with Crippen molar-refractivity contribution in [1.29, 1.82) is 0 Å². The first-order valence-corrected chi connectivity index (χ1v) is 8.30. The third-order valence-electron chi connectivity index (χ3n) is 3.96. The molecule has 0 atom stereocenters. The summed E-state index contributed by atoms with van der Waals surface area (Å²) in [6.07, 6.45) is 3.76. The Morgan fingerprint density at radius 1 is 1.35 bits per heavy atom. The van der Waals surface area contributed by atoms with Gasteiger partial charge in [-0.25, -0.2) is 0 Å². The SMILES string of the molecule is CCCN1CCC(NCc2cc(OC)ccc2Br)CC1. The predicted molar refractivity (Wildman–Crippen MR) is 87.3 cm³/mol. The zero-order chi connectivity index (χ0) is 14.4. The minimum Gasteiger partial charge on any atom is -0.497 e. The van der Waals surface area contributed by atoms with Crippen molar-refractivity contribution < 1.29 is 4.74 Å². The Morgan fingerprint density at radius 2 is 2.10 bits per heavy atom. The van der Waals surface area contributed by atoms with E-state index >= 15 is 0 Å². The molecule has 112 valence electrons. The first-order chi connectivity index (χ1) is 9.72. The van der Waals surface area contributed by atoms with E-state index in [4.69, 9.17) is 4.74 Å². The third-order valence-corrected chi connectivity index (χ3v) is 4.74. The zero-order valence-corrected chi connectivity index (χ0v) is 14.1. The molecule has 0 aliphatic carbocycles. The Bertz CT molecular complexity index is 417. The molecule has 0 amide bonds. The molecule has 20 heavy (non-hydrogen) atoms. The second kappa shape index (κ2) is 8.01. The van der Waals surface area contributed by atoms with Crippen LogP contribution in [0.2, 0.25) is 0 Å². The number of methoxy groups -OCH3 is 1. The first-order valence-electron chi connectivity index (χ1n) is 7.51. The van der Waals surface area contributed by atoms with Crippen molar-refractivity contribution in [2.75, 3.05) is 26.7 Å². The van der Waals surface area contributed by atoms with Crippen LogP contribution in [-0.2, 0) is 6.54 Å². The summed E-state index contributed by atoms with van der Waals surface area (Å²) in [4.78, 5) is 2.57. The Labute approximate surface area is 130 Å². The monoisotopic (exact) mass is 340 g/mol. The van der Waals surface area contributed by atoms with E-state index in [1.165, 1.54) is 44.5 Å². The molecule has 2 rings (SSSR count). The van der Waals surface area contributed by atoms with Gasteiger partial charge in [-0.15, -0.1) is 0 Å². The molecule has 0 radical (unpaired) electrons. The highest BCUT2D eigenvalue weighted by Crippen LogP contribution is 2.23. The lowest BCUT2D eigenvalue weighted by Crippen LogP contribution is -2.42. The maximum Gasteiger partial charge on any atom is 0.119 e. The summed E-state index contributed by atoms with van der Waals surface area (Å²) in [6, 6.07) is 6.78. The van der Waals surface area contributed by atoms with Crippen molar-refractivity contribution in [2.45, 2.75) is 38.8 Å². The predicted octanol–water partition coefficient (Wildman–Crippen LogP) is 3.42. The summed E-state index contributed by atoms with van der Waals surface area (Å²) in [5.74, 6) is 0.919. The fourth-order valence-electron chi connectivity index (χ4n) is 2.74. The fourth-order valence-corrected chi connectivity index (χ4v) is 3.13. The summed E-state index contributed by atoms with van der Waals surface area (Å²) in [7, 11) is 1.71. The number of nitrogens with zero attached hydrogens (tertiary/aromatic N) is 1. The summed E-state index contributed by atoms with van der Waals surface area (Å²) in [5, 5.41) is 3.68. The van der Waals surface area contributed by atoms with E-state index in [1.807, 2.05) is 6.07 Å². The standard InChI is InChI=1S/C16H25BrN2O/c1-3-8-19-9-6-14(7-10-19)18-12-13-11-15(20-2)4-5-16(13)17/h4-5,11,14,18H,3,6-10,12H2,1-2H3. The number of likely N-dealkylation sites (tertiary alicyclic amines) is 1. The Hall–Kier alpha value is -0.580. The van der Waals surface area contributed by atoms with Crippen LogP contribution in [0.25, 0.3) is 0 Å². The highest BCUT2D eigenvalue weighted by Gasteiger charge is 2.18. The fraction of sp³-hybridized carbons (Fsp3) is 0.625. The normalized spacial score (nSPS) is 17.4. The minimum atomic E-state index is 0.640. The van der Waals surface area contributed by atoms with Crippen molar-refractivity contribution in [3.8, 4) is 5.75 Å². The van der Waals surface area contributed by atoms with Crippen molar-refractivity contribution in [3.63, 3.8) is 0 Å². The molecule has 1 saturated heterocycles. The van der Waals surface area contributed by atoms with E-state index in [0.717, 1.165) is 16.8 Å². The van der Waals surface area contributed by atoms with Crippen LogP contribution in [0.1, 0.15) is 31.7 Å². The minimum absolute atomic E-state index is 0.640.